The van der Waals surface area contributed by atoms with E-state index in [1.165, 1.54) is 36.8 Å². The van der Waals surface area contributed by atoms with Crippen molar-refractivity contribution >= 4 is 0 Å². The topological polar surface area (TPSA) is 20.2 Å². The summed E-state index contributed by atoms with van der Waals surface area (Å²) in [6, 6.07) is 8.69. The van der Waals surface area contributed by atoms with Gasteiger partial charge in [-0.05, 0) is 67.4 Å². The molecule has 1 atom stereocenters. The van der Waals surface area contributed by atoms with Crippen LogP contribution in [0.5, 0.6) is 0 Å². The van der Waals surface area contributed by atoms with Gasteiger partial charge < -0.3 is 5.11 Å². The lowest BCUT2D eigenvalue weighted by Gasteiger charge is -2.35. The zero-order valence-electron chi connectivity index (χ0n) is 13.0. The minimum absolute atomic E-state index is 0.385. The zero-order chi connectivity index (χ0) is 14.2. The van der Waals surface area contributed by atoms with E-state index in [1.54, 1.807) is 0 Å². The van der Waals surface area contributed by atoms with Crippen molar-refractivity contribution in [1.82, 2.24) is 0 Å². The molecule has 1 aromatic rings. The van der Waals surface area contributed by atoms with E-state index in [-0.39, 0.29) is 0 Å². The summed E-state index contributed by atoms with van der Waals surface area (Å²) >= 11 is 0. The molecule has 0 radical (unpaired) electrons. The molecule has 1 heteroatoms. The predicted octanol–water partition coefficient (Wildman–Crippen LogP) is 5.13. The van der Waals surface area contributed by atoms with E-state index in [4.69, 9.17) is 0 Å². The summed E-state index contributed by atoms with van der Waals surface area (Å²) in [5.74, 6) is 0.700. The molecule has 20 heavy (non-hydrogen) atoms. The van der Waals surface area contributed by atoms with Crippen molar-refractivity contribution in [3.8, 4) is 0 Å². The maximum Gasteiger partial charge on any atom is 0.0899 e. The Morgan fingerprint density at radius 1 is 0.950 bits per heavy atom. The molecule has 0 saturated heterocycles. The van der Waals surface area contributed by atoms with E-state index in [1.807, 2.05) is 0 Å². The Balaban J connectivity index is 1.91. The van der Waals surface area contributed by atoms with Crippen molar-refractivity contribution in [2.75, 3.05) is 0 Å². The summed E-state index contributed by atoms with van der Waals surface area (Å²) in [6.45, 7) is 4.69. The van der Waals surface area contributed by atoms with Gasteiger partial charge in [0.15, 0.2) is 0 Å². The normalized spacial score (nSPS) is 30.6. The van der Waals surface area contributed by atoms with Crippen LogP contribution in [0.4, 0.5) is 0 Å². The van der Waals surface area contributed by atoms with Gasteiger partial charge in [-0.2, -0.15) is 0 Å². The second-order valence-electron chi connectivity index (χ2n) is 7.76. The number of aliphatic hydroxyl groups is 1. The van der Waals surface area contributed by atoms with Crippen molar-refractivity contribution in [1.29, 1.82) is 0 Å². The van der Waals surface area contributed by atoms with Gasteiger partial charge >= 0.3 is 0 Å². The second kappa shape index (κ2) is 5.18. The standard InChI is InChI=1S/C19H28O/c1-18(2)11-6-12-19(20,14-13-18)17-10-4-3-9-16(17)15-7-5-8-15/h3-4,9-10,15,20H,5-8,11-14H2,1-2H3. The molecule has 0 spiro atoms. The van der Waals surface area contributed by atoms with Gasteiger partial charge in [0.05, 0.1) is 5.60 Å². The minimum Gasteiger partial charge on any atom is -0.385 e. The fraction of sp³-hybridized carbons (Fsp3) is 0.684. The highest BCUT2D eigenvalue weighted by atomic mass is 16.3. The molecule has 2 aliphatic carbocycles. The molecule has 1 unspecified atom stereocenters. The SMILES string of the molecule is CC1(C)CCCC(O)(c2ccccc2C2CCC2)CC1. The molecule has 3 rings (SSSR count). The van der Waals surface area contributed by atoms with Crippen LogP contribution < -0.4 is 0 Å². The number of hydrogen-bond acceptors (Lipinski definition) is 1. The van der Waals surface area contributed by atoms with Crippen molar-refractivity contribution in [3.05, 3.63) is 35.4 Å². The van der Waals surface area contributed by atoms with E-state index >= 15 is 0 Å². The Bertz CT molecular complexity index is 472. The van der Waals surface area contributed by atoms with Gasteiger partial charge in [-0.3, -0.25) is 0 Å². The molecule has 0 aromatic heterocycles. The lowest BCUT2D eigenvalue weighted by Crippen LogP contribution is -2.28. The van der Waals surface area contributed by atoms with Crippen molar-refractivity contribution in [3.63, 3.8) is 0 Å². The van der Waals surface area contributed by atoms with Crippen LogP contribution in [-0.4, -0.2) is 5.11 Å². The van der Waals surface area contributed by atoms with Gasteiger partial charge in [-0.15, -0.1) is 0 Å². The van der Waals surface area contributed by atoms with Gasteiger partial charge in [0.2, 0.25) is 0 Å². The Kier molecular flexibility index (Phi) is 3.66. The summed E-state index contributed by atoms with van der Waals surface area (Å²) in [7, 11) is 0. The third kappa shape index (κ3) is 2.65. The summed E-state index contributed by atoms with van der Waals surface area (Å²) in [4.78, 5) is 0. The highest BCUT2D eigenvalue weighted by Crippen LogP contribution is 2.47. The first-order valence-electron chi connectivity index (χ1n) is 8.32. The van der Waals surface area contributed by atoms with Gasteiger partial charge in [0.25, 0.3) is 0 Å². The first-order valence-corrected chi connectivity index (χ1v) is 8.32. The lowest BCUT2D eigenvalue weighted by atomic mass is 9.73. The highest BCUT2D eigenvalue weighted by Gasteiger charge is 2.37. The van der Waals surface area contributed by atoms with E-state index in [0.29, 0.717) is 11.3 Å². The van der Waals surface area contributed by atoms with Crippen LogP contribution in [0, 0.1) is 5.41 Å². The largest absolute Gasteiger partial charge is 0.385 e. The molecular formula is C19H28O. The molecule has 1 nitrogen and oxygen atoms in total. The van der Waals surface area contributed by atoms with Gasteiger partial charge in [-0.1, -0.05) is 44.5 Å². The smallest absolute Gasteiger partial charge is 0.0899 e. The maximum absolute atomic E-state index is 11.3. The van der Waals surface area contributed by atoms with Crippen LogP contribution in [0.2, 0.25) is 0 Å². The first kappa shape index (κ1) is 14.1. The highest BCUT2D eigenvalue weighted by molar-refractivity contribution is 5.36. The van der Waals surface area contributed by atoms with Crippen molar-refractivity contribution in [2.45, 2.75) is 76.7 Å². The van der Waals surface area contributed by atoms with Crippen molar-refractivity contribution < 1.29 is 5.11 Å². The molecule has 2 saturated carbocycles. The summed E-state index contributed by atoms with van der Waals surface area (Å²) in [5.41, 5.74) is 2.47. The molecule has 0 bridgehead atoms. The monoisotopic (exact) mass is 272 g/mol. The summed E-state index contributed by atoms with van der Waals surface area (Å²) in [6.07, 6.45) is 9.32. The quantitative estimate of drug-likeness (QED) is 0.740. The van der Waals surface area contributed by atoms with Crippen LogP contribution >= 0.6 is 0 Å². The van der Waals surface area contributed by atoms with Crippen LogP contribution in [0.25, 0.3) is 0 Å². The molecular weight excluding hydrogens is 244 g/mol. The molecule has 1 N–H and O–H groups in total. The number of hydrogen-bond donors (Lipinski definition) is 1. The average Bonchev–Trinajstić information content (AvgIpc) is 2.48. The van der Waals surface area contributed by atoms with Crippen LogP contribution in [0.1, 0.15) is 82.3 Å². The third-order valence-corrected chi connectivity index (χ3v) is 5.67. The predicted molar refractivity (Wildman–Crippen MR) is 83.8 cm³/mol. The van der Waals surface area contributed by atoms with Gasteiger partial charge in [-0.25, -0.2) is 0 Å². The fourth-order valence-corrected chi connectivity index (χ4v) is 3.92. The fourth-order valence-electron chi connectivity index (χ4n) is 3.92. The minimum atomic E-state index is -0.583. The van der Waals surface area contributed by atoms with Gasteiger partial charge in [0, 0.05) is 0 Å². The van der Waals surface area contributed by atoms with Gasteiger partial charge in [0.1, 0.15) is 0 Å². The Labute approximate surface area is 123 Å². The van der Waals surface area contributed by atoms with E-state index in [2.05, 4.69) is 38.1 Å². The molecule has 2 aliphatic rings. The van der Waals surface area contributed by atoms with Crippen molar-refractivity contribution in [2.24, 2.45) is 5.41 Å². The molecule has 2 fully saturated rings. The van der Waals surface area contributed by atoms with Crippen LogP contribution in [0.3, 0.4) is 0 Å². The van der Waals surface area contributed by atoms with Crippen LogP contribution in [0.15, 0.2) is 24.3 Å². The molecule has 0 aliphatic heterocycles. The Hall–Kier alpha value is -0.820. The van der Waals surface area contributed by atoms with E-state index < -0.39 is 5.60 Å². The van der Waals surface area contributed by atoms with E-state index in [0.717, 1.165) is 25.7 Å². The van der Waals surface area contributed by atoms with Crippen LogP contribution in [-0.2, 0) is 5.60 Å². The molecule has 0 amide bonds. The molecule has 0 heterocycles. The zero-order valence-corrected chi connectivity index (χ0v) is 13.0. The number of rotatable bonds is 2. The Morgan fingerprint density at radius 3 is 2.40 bits per heavy atom. The maximum atomic E-state index is 11.3. The first-order chi connectivity index (χ1) is 9.50. The lowest BCUT2D eigenvalue weighted by molar-refractivity contribution is 0.0165. The van der Waals surface area contributed by atoms with E-state index in [9.17, 15) is 5.11 Å². The number of benzene rings is 1. The summed E-state index contributed by atoms with van der Waals surface area (Å²) in [5, 5.41) is 11.3. The second-order valence-corrected chi connectivity index (χ2v) is 7.76. The third-order valence-electron chi connectivity index (χ3n) is 5.67. The Morgan fingerprint density at radius 2 is 1.70 bits per heavy atom. The average molecular weight is 272 g/mol. The molecule has 110 valence electrons. The summed E-state index contributed by atoms with van der Waals surface area (Å²) < 4.78 is 0. The molecule has 1 aromatic carbocycles.